The van der Waals surface area contributed by atoms with Crippen LogP contribution in [0.1, 0.15) is 17.4 Å². The molecule has 1 unspecified atom stereocenters. The van der Waals surface area contributed by atoms with Gasteiger partial charge in [0.15, 0.2) is 0 Å². The van der Waals surface area contributed by atoms with Crippen molar-refractivity contribution in [3.05, 3.63) is 55.0 Å². The van der Waals surface area contributed by atoms with E-state index in [4.69, 9.17) is 0 Å². The molecule has 2 aromatic heterocycles. The number of aliphatic hydroxyl groups excluding tert-OH is 1. The van der Waals surface area contributed by atoms with Crippen LogP contribution in [0.5, 0.6) is 0 Å². The first-order chi connectivity index (χ1) is 9.50. The fourth-order valence-electron chi connectivity index (χ4n) is 1.87. The molecular formula is C13H17N3O3S. The van der Waals surface area contributed by atoms with Gasteiger partial charge in [-0.05, 0) is 22.4 Å². The number of thiophene rings is 1. The molecule has 2 aromatic rings. The zero-order valence-corrected chi connectivity index (χ0v) is 12.2. The molecule has 0 saturated carbocycles. The summed E-state index contributed by atoms with van der Waals surface area (Å²) in [4.78, 5) is 23.3. The molecule has 2 rings (SSSR count). The van der Waals surface area contributed by atoms with Gasteiger partial charge in [-0.15, -0.1) is 0 Å². The molecule has 0 aliphatic carbocycles. The number of nitrogens with zero attached hydrogens (tertiary/aromatic N) is 2. The van der Waals surface area contributed by atoms with Crippen molar-refractivity contribution in [2.75, 3.05) is 6.54 Å². The van der Waals surface area contributed by atoms with Gasteiger partial charge in [-0.1, -0.05) is 0 Å². The molecule has 0 aliphatic heterocycles. The molecule has 20 heavy (non-hydrogen) atoms. The van der Waals surface area contributed by atoms with Crippen LogP contribution in [0.3, 0.4) is 0 Å². The Labute approximate surface area is 119 Å². The molecule has 108 valence electrons. The minimum Gasteiger partial charge on any atom is -0.387 e. The van der Waals surface area contributed by atoms with Crippen LogP contribution in [0, 0.1) is 0 Å². The second-order valence-electron chi connectivity index (χ2n) is 4.58. The topological polar surface area (TPSA) is 76.3 Å². The first-order valence-corrected chi connectivity index (χ1v) is 7.12. The third-order valence-electron chi connectivity index (χ3n) is 3.20. The number of hydrogen-bond acceptors (Lipinski definition) is 5. The molecule has 0 aliphatic rings. The van der Waals surface area contributed by atoms with E-state index in [1.165, 1.54) is 29.0 Å². The normalized spacial score (nSPS) is 12.6. The summed E-state index contributed by atoms with van der Waals surface area (Å²) < 4.78 is 2.48. The van der Waals surface area contributed by atoms with E-state index in [2.05, 4.69) is 5.32 Å². The van der Waals surface area contributed by atoms with Crippen molar-refractivity contribution < 1.29 is 5.11 Å². The molecule has 6 nitrogen and oxygen atoms in total. The van der Waals surface area contributed by atoms with Crippen LogP contribution in [0.4, 0.5) is 0 Å². The van der Waals surface area contributed by atoms with E-state index in [0.717, 1.165) is 10.1 Å². The molecular weight excluding hydrogens is 278 g/mol. The van der Waals surface area contributed by atoms with E-state index in [9.17, 15) is 14.7 Å². The maximum atomic E-state index is 11.7. The lowest BCUT2D eigenvalue weighted by atomic mass is 10.2. The highest BCUT2D eigenvalue weighted by molar-refractivity contribution is 7.07. The van der Waals surface area contributed by atoms with E-state index >= 15 is 0 Å². The molecule has 0 saturated heterocycles. The highest BCUT2D eigenvalue weighted by Crippen LogP contribution is 2.15. The second kappa shape index (κ2) is 6.17. The Morgan fingerprint density at radius 1 is 1.35 bits per heavy atom. The average Bonchev–Trinajstić information content (AvgIpc) is 2.96. The highest BCUT2D eigenvalue weighted by Gasteiger charge is 2.09. The summed E-state index contributed by atoms with van der Waals surface area (Å²) in [5.41, 5.74) is 0.770. The zero-order valence-electron chi connectivity index (χ0n) is 11.4. The molecule has 0 bridgehead atoms. The molecule has 1 atom stereocenters. The summed E-state index contributed by atoms with van der Waals surface area (Å²) in [6.07, 6.45) is -0.593. The third-order valence-corrected chi connectivity index (χ3v) is 3.90. The van der Waals surface area contributed by atoms with Gasteiger partial charge in [0.05, 0.1) is 6.10 Å². The van der Waals surface area contributed by atoms with Crippen LogP contribution in [-0.2, 0) is 20.6 Å². The molecule has 2 heterocycles. The van der Waals surface area contributed by atoms with Gasteiger partial charge in [0.2, 0.25) is 0 Å². The van der Waals surface area contributed by atoms with Gasteiger partial charge in [-0.3, -0.25) is 13.9 Å². The van der Waals surface area contributed by atoms with Crippen LogP contribution in [0.15, 0.2) is 32.5 Å². The van der Waals surface area contributed by atoms with Gasteiger partial charge >= 0.3 is 5.69 Å². The van der Waals surface area contributed by atoms with Crippen molar-refractivity contribution in [2.24, 2.45) is 14.1 Å². The Bertz CT molecular complexity index is 688. The van der Waals surface area contributed by atoms with Gasteiger partial charge < -0.3 is 10.4 Å². The van der Waals surface area contributed by atoms with E-state index < -0.39 is 6.10 Å². The van der Waals surface area contributed by atoms with Crippen molar-refractivity contribution >= 4 is 11.3 Å². The number of nitrogens with one attached hydrogen (secondary N) is 1. The number of aliphatic hydroxyl groups is 1. The lowest BCUT2D eigenvalue weighted by Gasteiger charge is -2.13. The predicted octanol–water partition coefficient (Wildman–Crippen LogP) is -0.0313. The summed E-state index contributed by atoms with van der Waals surface area (Å²) in [6, 6.07) is 3.29. The largest absolute Gasteiger partial charge is 0.387 e. The van der Waals surface area contributed by atoms with Crippen molar-refractivity contribution in [3.63, 3.8) is 0 Å². The quantitative estimate of drug-likeness (QED) is 0.812. The number of hydrogen-bond donors (Lipinski definition) is 2. The van der Waals surface area contributed by atoms with Crippen LogP contribution in [0.25, 0.3) is 0 Å². The van der Waals surface area contributed by atoms with Crippen molar-refractivity contribution in [1.29, 1.82) is 0 Å². The third kappa shape index (κ3) is 3.06. The zero-order chi connectivity index (χ0) is 14.7. The minimum atomic E-state index is -0.593. The summed E-state index contributed by atoms with van der Waals surface area (Å²) in [7, 11) is 3.07. The van der Waals surface area contributed by atoms with Gasteiger partial charge in [0.1, 0.15) is 0 Å². The monoisotopic (exact) mass is 295 g/mol. The fourth-order valence-corrected chi connectivity index (χ4v) is 2.57. The molecule has 0 aromatic carbocycles. The predicted molar refractivity (Wildman–Crippen MR) is 77.9 cm³/mol. The van der Waals surface area contributed by atoms with Crippen LogP contribution < -0.4 is 16.6 Å². The lowest BCUT2D eigenvalue weighted by molar-refractivity contribution is 0.174. The van der Waals surface area contributed by atoms with Crippen molar-refractivity contribution in [2.45, 2.75) is 12.6 Å². The van der Waals surface area contributed by atoms with Crippen LogP contribution >= 0.6 is 11.3 Å². The Morgan fingerprint density at radius 2 is 2.10 bits per heavy atom. The highest BCUT2D eigenvalue weighted by atomic mass is 32.1. The minimum absolute atomic E-state index is 0.330. The van der Waals surface area contributed by atoms with E-state index in [1.54, 1.807) is 7.05 Å². The van der Waals surface area contributed by atoms with Crippen molar-refractivity contribution in [1.82, 2.24) is 14.5 Å². The summed E-state index contributed by atoms with van der Waals surface area (Å²) >= 11 is 1.53. The van der Waals surface area contributed by atoms with Gasteiger partial charge in [-0.25, -0.2) is 4.79 Å². The summed E-state index contributed by atoms with van der Waals surface area (Å²) in [5, 5.41) is 16.8. The Morgan fingerprint density at radius 3 is 2.75 bits per heavy atom. The van der Waals surface area contributed by atoms with E-state index in [-0.39, 0.29) is 11.2 Å². The fraction of sp³-hybridized carbons (Fsp3) is 0.385. The molecule has 0 fully saturated rings. The number of aromatic nitrogens is 2. The SMILES string of the molecule is Cn1c(CNCC(O)c2ccsc2)cc(=O)n(C)c1=O. The van der Waals surface area contributed by atoms with E-state index in [1.807, 2.05) is 16.8 Å². The Hall–Kier alpha value is -1.70. The number of rotatable bonds is 5. The van der Waals surface area contributed by atoms with Gasteiger partial charge in [-0.2, -0.15) is 11.3 Å². The molecule has 7 heteroatoms. The summed E-state index contributed by atoms with van der Waals surface area (Å²) in [5.74, 6) is 0. The molecule has 0 spiro atoms. The average molecular weight is 295 g/mol. The first kappa shape index (κ1) is 14.7. The Kier molecular flexibility index (Phi) is 4.53. The van der Waals surface area contributed by atoms with Gasteiger partial charge in [0.25, 0.3) is 5.56 Å². The second-order valence-corrected chi connectivity index (χ2v) is 5.36. The maximum Gasteiger partial charge on any atom is 0.330 e. The van der Waals surface area contributed by atoms with Gasteiger partial charge in [0, 0.05) is 38.9 Å². The first-order valence-electron chi connectivity index (χ1n) is 6.17. The lowest BCUT2D eigenvalue weighted by Crippen LogP contribution is -2.39. The Balaban J connectivity index is 2.02. The maximum absolute atomic E-state index is 11.7. The van der Waals surface area contributed by atoms with E-state index in [0.29, 0.717) is 18.8 Å². The summed E-state index contributed by atoms with van der Waals surface area (Å²) in [6.45, 7) is 0.711. The van der Waals surface area contributed by atoms with Crippen LogP contribution in [-0.4, -0.2) is 20.8 Å². The standard InChI is InChI=1S/C13H17N3O3S/c1-15-10(5-12(18)16(2)13(15)19)6-14-7-11(17)9-3-4-20-8-9/h3-5,8,11,14,17H,6-7H2,1-2H3. The smallest absolute Gasteiger partial charge is 0.330 e. The molecule has 2 N–H and O–H groups in total. The molecule has 0 amide bonds. The van der Waals surface area contributed by atoms with Crippen LogP contribution in [0.2, 0.25) is 0 Å². The van der Waals surface area contributed by atoms with Crippen molar-refractivity contribution in [3.8, 4) is 0 Å². The molecule has 0 radical (unpaired) electrons.